The number of nitrogens with zero attached hydrogens (tertiary/aromatic N) is 4. The third kappa shape index (κ3) is 3.11. The van der Waals surface area contributed by atoms with Crippen molar-refractivity contribution in [1.82, 2.24) is 19.3 Å². The summed E-state index contributed by atoms with van der Waals surface area (Å²) in [6.45, 7) is 0.313. The fourth-order valence-corrected chi connectivity index (χ4v) is 6.59. The Morgan fingerprint density at radius 3 is 2.34 bits per heavy atom. The molecule has 0 spiro atoms. The second-order valence-corrected chi connectivity index (χ2v) is 9.98. The minimum Gasteiger partial charge on any atom is -0.448 e. The molecule has 1 aliphatic carbocycles. The normalized spacial score (nSPS) is 25.0. The first-order valence-corrected chi connectivity index (χ1v) is 12.3. The molecule has 2 fully saturated rings. The minimum absolute atomic E-state index is 0.0393. The van der Waals surface area contributed by atoms with Crippen LogP contribution < -0.4 is 0 Å². The van der Waals surface area contributed by atoms with E-state index in [9.17, 15) is 9.90 Å². The molecule has 7 heteroatoms. The minimum atomic E-state index is -1.04. The third-order valence-corrected chi connectivity index (χ3v) is 8.11. The van der Waals surface area contributed by atoms with E-state index in [1.165, 1.54) is 22.3 Å². The van der Waals surface area contributed by atoms with Crippen LogP contribution in [0.3, 0.4) is 0 Å². The van der Waals surface area contributed by atoms with Crippen molar-refractivity contribution >= 4 is 11.7 Å². The lowest BCUT2D eigenvalue weighted by Gasteiger charge is -2.43. The van der Waals surface area contributed by atoms with Crippen molar-refractivity contribution in [2.24, 2.45) is 0 Å². The van der Waals surface area contributed by atoms with Crippen molar-refractivity contribution in [1.29, 1.82) is 0 Å². The number of carbonyl (C=O) groups excluding carboxylic acids is 1. The van der Waals surface area contributed by atoms with Gasteiger partial charge in [-0.2, -0.15) is 0 Å². The summed E-state index contributed by atoms with van der Waals surface area (Å²) in [6, 6.07) is 16.6. The number of aromatic nitrogens is 3. The summed E-state index contributed by atoms with van der Waals surface area (Å²) in [4.78, 5) is 23.8. The van der Waals surface area contributed by atoms with Crippen LogP contribution in [0.25, 0.3) is 16.8 Å². The Kier molecular flexibility index (Phi) is 4.51. The Morgan fingerprint density at radius 1 is 1.00 bits per heavy atom. The number of imidazole rings is 1. The first-order chi connectivity index (χ1) is 17.1. The number of rotatable bonds is 3. The lowest BCUT2D eigenvalue weighted by Crippen LogP contribution is -2.52. The van der Waals surface area contributed by atoms with Gasteiger partial charge in [0, 0.05) is 43.2 Å². The highest BCUT2D eigenvalue weighted by Crippen LogP contribution is 2.47. The summed E-state index contributed by atoms with van der Waals surface area (Å²) in [5.41, 5.74) is 5.29. The van der Waals surface area contributed by atoms with Gasteiger partial charge in [-0.05, 0) is 35.1 Å². The fourth-order valence-electron chi connectivity index (χ4n) is 6.59. The molecule has 2 unspecified atom stereocenters. The van der Waals surface area contributed by atoms with Gasteiger partial charge in [-0.3, -0.25) is 9.38 Å². The topological polar surface area (TPSA) is 80.0 Å². The Labute approximate surface area is 203 Å². The molecule has 1 N–H and O–H groups in total. The van der Waals surface area contributed by atoms with Crippen LogP contribution in [0.1, 0.15) is 48.4 Å². The largest absolute Gasteiger partial charge is 0.448 e. The van der Waals surface area contributed by atoms with Gasteiger partial charge in [0.1, 0.15) is 12.2 Å². The Balaban J connectivity index is 1.10. The van der Waals surface area contributed by atoms with Crippen LogP contribution in [0.4, 0.5) is 4.79 Å². The number of amides is 1. The van der Waals surface area contributed by atoms with Crippen molar-refractivity contribution in [3.8, 4) is 11.1 Å². The van der Waals surface area contributed by atoms with E-state index < -0.39 is 5.60 Å². The quantitative estimate of drug-likeness (QED) is 0.481. The van der Waals surface area contributed by atoms with E-state index in [1.807, 2.05) is 27.6 Å². The smallest absolute Gasteiger partial charge is 0.410 e. The van der Waals surface area contributed by atoms with Crippen molar-refractivity contribution in [2.75, 3.05) is 6.61 Å². The van der Waals surface area contributed by atoms with E-state index >= 15 is 0 Å². The molecular formula is C28H26N4O3. The molecule has 0 saturated carbocycles. The zero-order chi connectivity index (χ0) is 23.6. The maximum absolute atomic E-state index is 13.3. The number of carbonyl (C=O) groups is 1. The van der Waals surface area contributed by atoms with Crippen LogP contribution in [-0.2, 0) is 10.3 Å². The lowest BCUT2D eigenvalue weighted by atomic mass is 9.84. The number of hydrogen-bond donors (Lipinski definition) is 1. The first kappa shape index (κ1) is 20.6. The second-order valence-electron chi connectivity index (χ2n) is 9.98. The van der Waals surface area contributed by atoms with Gasteiger partial charge in [-0.25, -0.2) is 9.78 Å². The number of hydrogen-bond acceptors (Lipinski definition) is 5. The molecule has 4 aromatic rings. The SMILES string of the molecule is O=C(OCC1c2ccccc2-c2ccccc21)N1C2CCC1CC(O)(c1cnc3cnccn13)C2. The first-order valence-electron chi connectivity index (χ1n) is 12.3. The zero-order valence-corrected chi connectivity index (χ0v) is 19.2. The summed E-state index contributed by atoms with van der Waals surface area (Å²) in [5.74, 6) is 0.0393. The molecule has 176 valence electrons. The van der Waals surface area contributed by atoms with E-state index in [2.05, 4.69) is 46.4 Å². The van der Waals surface area contributed by atoms with Gasteiger partial charge in [0.2, 0.25) is 0 Å². The summed E-state index contributed by atoms with van der Waals surface area (Å²) in [6.07, 6.45) is 9.37. The molecule has 35 heavy (non-hydrogen) atoms. The van der Waals surface area contributed by atoms with E-state index in [4.69, 9.17) is 4.74 Å². The number of fused-ring (bicyclic) bond motifs is 6. The molecule has 2 bridgehead atoms. The van der Waals surface area contributed by atoms with Gasteiger partial charge in [0.05, 0.1) is 18.1 Å². The van der Waals surface area contributed by atoms with Crippen LogP contribution in [0.5, 0.6) is 0 Å². The van der Waals surface area contributed by atoms with Crippen LogP contribution in [0.15, 0.2) is 73.3 Å². The van der Waals surface area contributed by atoms with Crippen LogP contribution >= 0.6 is 0 Å². The molecule has 4 heterocycles. The van der Waals surface area contributed by atoms with Gasteiger partial charge in [0.25, 0.3) is 0 Å². The van der Waals surface area contributed by atoms with Gasteiger partial charge < -0.3 is 14.7 Å². The molecule has 2 aliphatic heterocycles. The maximum Gasteiger partial charge on any atom is 0.410 e. The lowest BCUT2D eigenvalue weighted by molar-refractivity contribution is -0.0564. The zero-order valence-electron chi connectivity index (χ0n) is 19.2. The highest BCUT2D eigenvalue weighted by Gasteiger charge is 2.51. The van der Waals surface area contributed by atoms with Crippen LogP contribution in [0, 0.1) is 0 Å². The Hall–Kier alpha value is -3.71. The molecule has 2 aromatic carbocycles. The van der Waals surface area contributed by atoms with E-state index in [0.717, 1.165) is 18.5 Å². The maximum atomic E-state index is 13.3. The predicted octanol–water partition coefficient (Wildman–Crippen LogP) is 4.49. The number of ether oxygens (including phenoxy) is 1. The summed E-state index contributed by atoms with van der Waals surface area (Å²) in [5, 5.41) is 11.7. The number of benzene rings is 2. The average molecular weight is 467 g/mol. The average Bonchev–Trinajstić information content (AvgIpc) is 3.54. The summed E-state index contributed by atoms with van der Waals surface area (Å²) < 4.78 is 7.87. The van der Waals surface area contributed by atoms with Crippen LogP contribution in [0.2, 0.25) is 0 Å². The van der Waals surface area contributed by atoms with E-state index in [-0.39, 0.29) is 24.1 Å². The highest BCUT2D eigenvalue weighted by molar-refractivity contribution is 5.79. The fraction of sp³-hybridized carbons (Fsp3) is 0.321. The van der Waals surface area contributed by atoms with Crippen molar-refractivity contribution < 1.29 is 14.6 Å². The molecule has 2 aromatic heterocycles. The van der Waals surface area contributed by atoms with Gasteiger partial charge in [0.15, 0.2) is 5.65 Å². The Bertz CT molecular complexity index is 1390. The standard InChI is InChI=1S/C28H26N4O3/c33-27(35-17-24-22-7-3-1-5-20(22)21-6-2-4-8-23(21)24)32-18-9-10-19(32)14-28(34,13-18)25-15-30-26-16-29-11-12-31(25)26/h1-8,11-12,15-16,18-19,24,34H,9-10,13-14,17H2. The molecule has 1 amide bonds. The number of aliphatic hydroxyl groups is 1. The van der Waals surface area contributed by atoms with Crippen molar-refractivity contribution in [3.05, 3.63) is 90.1 Å². The highest BCUT2D eigenvalue weighted by atomic mass is 16.6. The van der Waals surface area contributed by atoms with Crippen molar-refractivity contribution in [3.63, 3.8) is 0 Å². The van der Waals surface area contributed by atoms with Gasteiger partial charge >= 0.3 is 6.09 Å². The van der Waals surface area contributed by atoms with E-state index in [1.54, 1.807) is 18.6 Å². The van der Waals surface area contributed by atoms with Crippen molar-refractivity contribution in [2.45, 2.75) is 49.3 Å². The molecule has 7 nitrogen and oxygen atoms in total. The summed E-state index contributed by atoms with van der Waals surface area (Å²) >= 11 is 0. The molecule has 2 saturated heterocycles. The molecule has 3 aliphatic rings. The van der Waals surface area contributed by atoms with Gasteiger partial charge in [-0.1, -0.05) is 48.5 Å². The van der Waals surface area contributed by atoms with Crippen LogP contribution in [-0.4, -0.2) is 49.2 Å². The van der Waals surface area contributed by atoms with Gasteiger partial charge in [-0.15, -0.1) is 0 Å². The predicted molar refractivity (Wildman–Crippen MR) is 130 cm³/mol. The monoisotopic (exact) mass is 466 g/mol. The molecule has 2 atom stereocenters. The number of piperidine rings is 1. The Morgan fingerprint density at radius 2 is 1.66 bits per heavy atom. The molecule has 7 rings (SSSR count). The third-order valence-electron chi connectivity index (χ3n) is 8.11. The molecular weight excluding hydrogens is 440 g/mol. The van der Waals surface area contributed by atoms with E-state index in [0.29, 0.717) is 25.1 Å². The molecule has 0 radical (unpaired) electrons. The summed E-state index contributed by atoms with van der Waals surface area (Å²) in [7, 11) is 0. The second kappa shape index (κ2) is 7.65.